The first-order valence-corrected chi connectivity index (χ1v) is 10.3. The molecule has 0 saturated heterocycles. The number of hydrogen-bond donors (Lipinski definition) is 0. The lowest BCUT2D eigenvalue weighted by molar-refractivity contribution is -0.537. The number of rotatable bonds is 7. The molecule has 0 N–H and O–H groups in total. The van der Waals surface area contributed by atoms with Crippen molar-refractivity contribution in [3.8, 4) is 0 Å². The molecule has 2 rings (SSSR count). The summed E-state index contributed by atoms with van der Waals surface area (Å²) < 4.78 is 220. The summed E-state index contributed by atoms with van der Waals surface area (Å²) in [6.45, 7) is -2.29. The summed E-state index contributed by atoms with van der Waals surface area (Å²) in [5, 5.41) is 0. The van der Waals surface area contributed by atoms with Crippen LogP contribution in [0.4, 0.5) is 61.5 Å². The highest BCUT2D eigenvalue weighted by Crippen LogP contribution is 2.80. The van der Waals surface area contributed by atoms with Crippen molar-refractivity contribution in [1.82, 2.24) is 0 Å². The number of carbonyl (C=O) groups is 3. The normalized spacial score (nSPS) is 38.8. The molecule has 2 aliphatic carbocycles. The highest BCUT2D eigenvalue weighted by molar-refractivity contribution is 5.88. The highest BCUT2D eigenvalue weighted by Gasteiger charge is 3.12. The van der Waals surface area contributed by atoms with Gasteiger partial charge in [0.15, 0.2) is 18.9 Å². The zero-order valence-electron chi connectivity index (χ0n) is 19.9. The molecule has 20 heteroatoms. The molecule has 2 fully saturated rings. The number of alkyl halides is 14. The summed E-state index contributed by atoms with van der Waals surface area (Å²) in [5.74, 6) is -36.2. The first-order valence-electron chi connectivity index (χ1n) is 10.3. The van der Waals surface area contributed by atoms with Crippen molar-refractivity contribution >= 4 is 17.9 Å². The van der Waals surface area contributed by atoms with Gasteiger partial charge in [-0.1, -0.05) is 6.58 Å². The van der Waals surface area contributed by atoms with Gasteiger partial charge in [-0.15, -0.1) is 0 Å². The molecule has 2 saturated carbocycles. The molecule has 2 aliphatic rings. The number of carbonyl (C=O) groups excluding carboxylic acids is 3. The molecule has 0 amide bonds. The van der Waals surface area contributed by atoms with Gasteiger partial charge in [0.2, 0.25) is 5.67 Å². The van der Waals surface area contributed by atoms with Crippen molar-refractivity contribution in [1.29, 1.82) is 0 Å². The molecule has 5 unspecified atom stereocenters. The molecule has 0 aromatic carbocycles. The monoisotopic (exact) mass is 618 g/mol. The smallest absolute Gasteiger partial charge is 0.345 e. The Kier molecular flexibility index (Phi) is 7.37. The van der Waals surface area contributed by atoms with E-state index in [2.05, 4.69) is 20.8 Å². The van der Waals surface area contributed by atoms with Crippen LogP contribution >= 0.6 is 0 Å². The standard InChI is InChI=1S/C20H16F14O6/c1-7(2)10(37)39-5-8(35)38-6-9(36)40-16-18(29,30)13(4,24)17(27,28)15(26,20(16,33)34)12(3,23)14(25,11(21)22)19(16,31)32/h11H,1,5-6H2,2-4H3. The van der Waals surface area contributed by atoms with E-state index in [0.717, 1.165) is 6.92 Å². The Morgan fingerprint density at radius 1 is 0.675 bits per heavy atom. The topological polar surface area (TPSA) is 78.9 Å². The molecule has 0 radical (unpaired) electrons. The lowest BCUT2D eigenvalue weighted by atomic mass is 9.46. The van der Waals surface area contributed by atoms with E-state index in [1.165, 1.54) is 0 Å². The van der Waals surface area contributed by atoms with Crippen LogP contribution in [0.1, 0.15) is 20.8 Å². The number of ether oxygens (including phenoxy) is 3. The largest absolute Gasteiger partial charge is 0.451 e. The van der Waals surface area contributed by atoms with Crippen molar-refractivity contribution < 1.29 is 90.1 Å². The van der Waals surface area contributed by atoms with Crippen LogP contribution in [0.25, 0.3) is 0 Å². The van der Waals surface area contributed by atoms with Crippen molar-refractivity contribution in [2.75, 3.05) is 13.2 Å². The second-order valence-electron chi connectivity index (χ2n) is 9.15. The van der Waals surface area contributed by atoms with Gasteiger partial charge in [-0.25, -0.2) is 40.7 Å². The van der Waals surface area contributed by atoms with Crippen LogP contribution in [-0.4, -0.2) is 89.5 Å². The summed E-state index contributed by atoms with van der Waals surface area (Å²) in [5.41, 5.74) is -35.0. The molecule has 6 nitrogen and oxygen atoms in total. The van der Waals surface area contributed by atoms with Crippen LogP contribution < -0.4 is 0 Å². The second kappa shape index (κ2) is 8.83. The van der Waals surface area contributed by atoms with Gasteiger partial charge in [0.1, 0.15) is 0 Å². The summed E-state index contributed by atoms with van der Waals surface area (Å²) in [6, 6.07) is 0. The summed E-state index contributed by atoms with van der Waals surface area (Å²) in [7, 11) is 0. The lowest BCUT2D eigenvalue weighted by Crippen LogP contribution is -3.01. The molecule has 0 aliphatic heterocycles. The van der Waals surface area contributed by atoms with Gasteiger partial charge >= 0.3 is 47.2 Å². The van der Waals surface area contributed by atoms with E-state index in [-0.39, 0.29) is 5.57 Å². The van der Waals surface area contributed by atoms with E-state index in [4.69, 9.17) is 0 Å². The van der Waals surface area contributed by atoms with Crippen LogP contribution in [0.15, 0.2) is 12.2 Å². The minimum Gasteiger partial charge on any atom is -0.451 e. The van der Waals surface area contributed by atoms with Gasteiger partial charge in [-0.2, -0.15) is 35.1 Å². The Labute approximate surface area is 213 Å². The third kappa shape index (κ3) is 3.26. The Hall–Kier alpha value is -2.83. The van der Waals surface area contributed by atoms with Gasteiger partial charge in [0, 0.05) is 5.57 Å². The minimum atomic E-state index is -7.61. The quantitative estimate of drug-likeness (QED) is 0.179. The fourth-order valence-corrected chi connectivity index (χ4v) is 4.44. The van der Waals surface area contributed by atoms with Gasteiger partial charge in [0.25, 0.3) is 17.8 Å². The van der Waals surface area contributed by atoms with E-state index < -0.39 is 103 Å². The molecular formula is C20H16F14O6. The van der Waals surface area contributed by atoms with Crippen molar-refractivity contribution in [2.45, 2.75) is 79.2 Å². The van der Waals surface area contributed by atoms with Gasteiger partial charge in [0.05, 0.1) is 0 Å². The average Bonchev–Trinajstić information content (AvgIpc) is 2.80. The first-order chi connectivity index (χ1) is 17.6. The number of fused-ring (bicyclic) bond motifs is 2. The van der Waals surface area contributed by atoms with Gasteiger partial charge < -0.3 is 14.2 Å². The van der Waals surface area contributed by atoms with Crippen LogP contribution in [0.5, 0.6) is 0 Å². The maximum atomic E-state index is 15.5. The summed E-state index contributed by atoms with van der Waals surface area (Å²) in [4.78, 5) is 34.6. The predicted octanol–water partition coefficient (Wildman–Crippen LogP) is 4.64. The van der Waals surface area contributed by atoms with E-state index >= 15 is 39.5 Å². The zero-order valence-corrected chi connectivity index (χ0v) is 19.9. The molecule has 0 spiro atoms. The molecule has 40 heavy (non-hydrogen) atoms. The Balaban J connectivity index is 2.78. The van der Waals surface area contributed by atoms with Crippen LogP contribution in [0, 0.1) is 0 Å². The third-order valence-electron chi connectivity index (χ3n) is 6.75. The van der Waals surface area contributed by atoms with Crippen LogP contribution in [0.3, 0.4) is 0 Å². The minimum absolute atomic E-state index is 0.332. The van der Waals surface area contributed by atoms with Gasteiger partial charge in [-0.05, 0) is 20.8 Å². The molecule has 2 bridgehead atoms. The fraction of sp³-hybridized carbons (Fsp3) is 0.750. The van der Waals surface area contributed by atoms with Crippen molar-refractivity contribution in [2.24, 2.45) is 0 Å². The Morgan fingerprint density at radius 2 is 1.12 bits per heavy atom. The van der Waals surface area contributed by atoms with Crippen molar-refractivity contribution in [3.05, 3.63) is 12.2 Å². The first kappa shape index (κ1) is 33.4. The van der Waals surface area contributed by atoms with Gasteiger partial charge in [-0.3, -0.25) is 0 Å². The molecule has 230 valence electrons. The van der Waals surface area contributed by atoms with E-state index in [1.807, 2.05) is 0 Å². The number of esters is 3. The molecule has 0 aromatic heterocycles. The summed E-state index contributed by atoms with van der Waals surface area (Å²) >= 11 is 0. The maximum Gasteiger partial charge on any atom is 0.345 e. The predicted molar refractivity (Wildman–Crippen MR) is 98.1 cm³/mol. The zero-order chi connectivity index (χ0) is 31.9. The number of hydrogen-bond acceptors (Lipinski definition) is 6. The van der Waals surface area contributed by atoms with E-state index in [1.54, 1.807) is 0 Å². The molecule has 5 atom stereocenters. The van der Waals surface area contributed by atoms with Crippen LogP contribution in [-0.2, 0) is 28.6 Å². The highest BCUT2D eigenvalue weighted by atomic mass is 19.3. The maximum absolute atomic E-state index is 15.5. The average molecular weight is 618 g/mol. The SMILES string of the molecule is C=C(C)C(=O)OCC(=O)OCC(=O)OC12C(F)(F)C(C)(F)C(F)(F)C(F)(C(C)(F)C(F)(C(F)F)C1(F)F)C2(F)F. The Morgan fingerprint density at radius 3 is 1.55 bits per heavy atom. The van der Waals surface area contributed by atoms with Crippen molar-refractivity contribution in [3.63, 3.8) is 0 Å². The fourth-order valence-electron chi connectivity index (χ4n) is 4.44. The van der Waals surface area contributed by atoms with E-state index in [0.29, 0.717) is 0 Å². The Bertz CT molecular complexity index is 1110. The molecular weight excluding hydrogens is 602 g/mol. The molecule has 0 heterocycles. The second-order valence-corrected chi connectivity index (χ2v) is 9.15. The lowest BCUT2D eigenvalue weighted by Gasteiger charge is -2.68. The molecule has 0 aromatic rings. The third-order valence-corrected chi connectivity index (χ3v) is 6.75. The van der Waals surface area contributed by atoms with Crippen LogP contribution in [0.2, 0.25) is 0 Å². The summed E-state index contributed by atoms with van der Waals surface area (Å²) in [6.07, 6.45) is -5.88. The number of halogens is 14. The van der Waals surface area contributed by atoms with E-state index in [9.17, 15) is 36.3 Å².